The molecule has 2 aliphatic rings. The standard InChI is InChI=1S/C38H66/c1-5-7-9-13-20-33(3)24-30-37(26-15-11-16-27-37)35-22-19-23-36(32-35)38(28-17-12-18-29-38)31-25-34(4)21-14-10-8-6-2/h19,22-23,32-34H,5-18,20-21,24-31H2,1-4H3. The van der Waals surface area contributed by atoms with Gasteiger partial charge in [0.1, 0.15) is 0 Å². The molecule has 1 aromatic rings. The first-order chi connectivity index (χ1) is 18.5. The average molecular weight is 523 g/mol. The lowest BCUT2D eigenvalue weighted by atomic mass is 9.62. The predicted octanol–water partition coefficient (Wildman–Crippen LogP) is 12.9. The molecule has 2 aliphatic carbocycles. The Hall–Kier alpha value is -0.780. The van der Waals surface area contributed by atoms with Crippen LogP contribution in [0.3, 0.4) is 0 Å². The van der Waals surface area contributed by atoms with E-state index in [0.717, 1.165) is 11.8 Å². The van der Waals surface area contributed by atoms with Crippen LogP contribution < -0.4 is 0 Å². The topological polar surface area (TPSA) is 0 Å². The zero-order chi connectivity index (χ0) is 27.1. The van der Waals surface area contributed by atoms with Crippen molar-refractivity contribution in [3.05, 3.63) is 35.4 Å². The van der Waals surface area contributed by atoms with Crippen LogP contribution in [0, 0.1) is 11.8 Å². The van der Waals surface area contributed by atoms with Gasteiger partial charge in [0.05, 0.1) is 0 Å². The molecule has 0 spiro atoms. The van der Waals surface area contributed by atoms with Crippen molar-refractivity contribution < 1.29 is 0 Å². The van der Waals surface area contributed by atoms with Gasteiger partial charge in [-0.05, 0) is 85.2 Å². The van der Waals surface area contributed by atoms with Crippen LogP contribution in [0.2, 0.25) is 0 Å². The Labute approximate surface area is 239 Å². The highest BCUT2D eigenvalue weighted by molar-refractivity contribution is 5.35. The minimum absolute atomic E-state index is 0.453. The lowest BCUT2D eigenvalue weighted by Crippen LogP contribution is -2.32. The third-order valence-corrected chi connectivity index (χ3v) is 11.0. The predicted molar refractivity (Wildman–Crippen MR) is 170 cm³/mol. The molecule has 2 saturated carbocycles. The Morgan fingerprint density at radius 3 is 1.37 bits per heavy atom. The fourth-order valence-corrected chi connectivity index (χ4v) is 8.18. The van der Waals surface area contributed by atoms with Gasteiger partial charge in [-0.1, -0.05) is 155 Å². The van der Waals surface area contributed by atoms with Crippen LogP contribution in [-0.2, 0) is 10.8 Å². The van der Waals surface area contributed by atoms with Crippen molar-refractivity contribution in [2.45, 2.75) is 193 Å². The maximum absolute atomic E-state index is 2.77. The molecule has 38 heavy (non-hydrogen) atoms. The Kier molecular flexibility index (Phi) is 14.3. The summed E-state index contributed by atoms with van der Waals surface area (Å²) >= 11 is 0. The molecule has 0 radical (unpaired) electrons. The second-order valence-electron chi connectivity index (χ2n) is 14.2. The highest BCUT2D eigenvalue weighted by Gasteiger charge is 2.37. The first-order valence-corrected chi connectivity index (χ1v) is 17.6. The molecule has 2 unspecified atom stereocenters. The Morgan fingerprint density at radius 2 is 0.974 bits per heavy atom. The minimum atomic E-state index is 0.453. The summed E-state index contributed by atoms with van der Waals surface area (Å²) in [5.41, 5.74) is 4.36. The molecule has 0 bridgehead atoms. The van der Waals surface area contributed by atoms with E-state index in [0.29, 0.717) is 10.8 Å². The van der Waals surface area contributed by atoms with Gasteiger partial charge in [0.2, 0.25) is 0 Å². The van der Waals surface area contributed by atoms with Crippen LogP contribution >= 0.6 is 0 Å². The van der Waals surface area contributed by atoms with Gasteiger partial charge in [-0.15, -0.1) is 0 Å². The van der Waals surface area contributed by atoms with Crippen LogP contribution in [-0.4, -0.2) is 0 Å². The van der Waals surface area contributed by atoms with E-state index in [2.05, 4.69) is 52.0 Å². The van der Waals surface area contributed by atoms with Crippen LogP contribution in [0.15, 0.2) is 24.3 Å². The van der Waals surface area contributed by atoms with Crippen molar-refractivity contribution in [2.75, 3.05) is 0 Å². The SMILES string of the molecule is CCCCCCC(C)CCC1(c2cccc(C3(CCC(C)CCCCCC)CCCCC3)c2)CCCCC1. The number of hydrogen-bond acceptors (Lipinski definition) is 0. The molecule has 2 fully saturated rings. The van der Waals surface area contributed by atoms with Crippen LogP contribution in [0.1, 0.15) is 193 Å². The summed E-state index contributed by atoms with van der Waals surface area (Å²) in [7, 11) is 0. The number of unbranched alkanes of at least 4 members (excludes halogenated alkanes) is 6. The maximum Gasteiger partial charge on any atom is -0.00468 e. The van der Waals surface area contributed by atoms with Gasteiger partial charge < -0.3 is 0 Å². The van der Waals surface area contributed by atoms with Crippen molar-refractivity contribution >= 4 is 0 Å². The Bertz CT molecular complexity index is 673. The second kappa shape index (κ2) is 17.1. The molecular formula is C38H66. The van der Waals surface area contributed by atoms with Gasteiger partial charge in [-0.2, -0.15) is 0 Å². The Morgan fingerprint density at radius 1 is 0.553 bits per heavy atom. The molecule has 0 amide bonds. The van der Waals surface area contributed by atoms with E-state index in [4.69, 9.17) is 0 Å². The van der Waals surface area contributed by atoms with E-state index in [1.165, 1.54) is 154 Å². The summed E-state index contributed by atoms with van der Waals surface area (Å²) in [6.07, 6.45) is 34.3. The minimum Gasteiger partial charge on any atom is -0.0654 e. The van der Waals surface area contributed by atoms with Gasteiger partial charge >= 0.3 is 0 Å². The zero-order valence-corrected chi connectivity index (χ0v) is 26.4. The summed E-state index contributed by atoms with van der Waals surface area (Å²) in [6.45, 7) is 9.74. The highest BCUT2D eigenvalue weighted by Crippen LogP contribution is 2.48. The summed E-state index contributed by atoms with van der Waals surface area (Å²) in [5.74, 6) is 1.77. The zero-order valence-electron chi connectivity index (χ0n) is 26.4. The molecule has 0 heteroatoms. The fourth-order valence-electron chi connectivity index (χ4n) is 8.18. The monoisotopic (exact) mass is 523 g/mol. The fraction of sp³-hybridized carbons (Fsp3) is 0.842. The van der Waals surface area contributed by atoms with Gasteiger partial charge in [0, 0.05) is 0 Å². The first kappa shape index (κ1) is 31.7. The normalized spacial score (nSPS) is 20.7. The third-order valence-electron chi connectivity index (χ3n) is 11.0. The molecule has 0 heterocycles. The summed E-state index contributed by atoms with van der Waals surface area (Å²) in [5, 5.41) is 0. The molecule has 0 saturated heterocycles. The molecule has 1 aromatic carbocycles. The number of rotatable bonds is 18. The number of benzene rings is 1. The van der Waals surface area contributed by atoms with E-state index >= 15 is 0 Å². The second-order valence-corrected chi connectivity index (χ2v) is 14.2. The molecule has 0 N–H and O–H groups in total. The van der Waals surface area contributed by atoms with Crippen LogP contribution in [0.4, 0.5) is 0 Å². The van der Waals surface area contributed by atoms with Crippen molar-refractivity contribution in [3.8, 4) is 0 Å². The van der Waals surface area contributed by atoms with Gasteiger partial charge in [-0.25, -0.2) is 0 Å². The molecule has 2 atom stereocenters. The van der Waals surface area contributed by atoms with Gasteiger partial charge in [-0.3, -0.25) is 0 Å². The van der Waals surface area contributed by atoms with Crippen LogP contribution in [0.25, 0.3) is 0 Å². The first-order valence-electron chi connectivity index (χ1n) is 17.6. The molecule has 0 aliphatic heterocycles. The van der Waals surface area contributed by atoms with Crippen molar-refractivity contribution in [2.24, 2.45) is 11.8 Å². The lowest BCUT2D eigenvalue weighted by Gasteiger charge is -2.42. The van der Waals surface area contributed by atoms with Crippen molar-refractivity contribution in [3.63, 3.8) is 0 Å². The average Bonchev–Trinajstić information content (AvgIpc) is 2.96. The molecule has 0 aromatic heterocycles. The van der Waals surface area contributed by atoms with Crippen molar-refractivity contribution in [1.82, 2.24) is 0 Å². The molecule has 3 rings (SSSR count). The van der Waals surface area contributed by atoms with Crippen molar-refractivity contribution in [1.29, 1.82) is 0 Å². The van der Waals surface area contributed by atoms with E-state index in [1.54, 1.807) is 11.1 Å². The quantitative estimate of drug-likeness (QED) is 0.168. The van der Waals surface area contributed by atoms with Crippen LogP contribution in [0.5, 0.6) is 0 Å². The Balaban J connectivity index is 1.71. The molecular weight excluding hydrogens is 456 g/mol. The van der Waals surface area contributed by atoms with E-state index in [-0.39, 0.29) is 0 Å². The molecule has 218 valence electrons. The van der Waals surface area contributed by atoms with Gasteiger partial charge in [0.25, 0.3) is 0 Å². The lowest BCUT2D eigenvalue weighted by molar-refractivity contribution is 0.242. The largest absolute Gasteiger partial charge is 0.0654 e. The van der Waals surface area contributed by atoms with Gasteiger partial charge in [0.15, 0.2) is 0 Å². The summed E-state index contributed by atoms with van der Waals surface area (Å²) in [6, 6.07) is 10.3. The third kappa shape index (κ3) is 9.70. The van der Waals surface area contributed by atoms with E-state index in [9.17, 15) is 0 Å². The summed E-state index contributed by atoms with van der Waals surface area (Å²) < 4.78 is 0. The van der Waals surface area contributed by atoms with E-state index < -0.39 is 0 Å². The molecule has 0 nitrogen and oxygen atoms in total. The maximum atomic E-state index is 2.77. The highest BCUT2D eigenvalue weighted by atomic mass is 14.4. The number of hydrogen-bond donors (Lipinski definition) is 0. The summed E-state index contributed by atoms with van der Waals surface area (Å²) in [4.78, 5) is 0. The smallest absolute Gasteiger partial charge is 0.00468 e. The van der Waals surface area contributed by atoms with E-state index in [1.807, 2.05) is 0 Å².